The minimum Gasteiger partial charge on any atom is -0.322 e. The van der Waals surface area contributed by atoms with Gasteiger partial charge in [0.2, 0.25) is 5.91 Å². The van der Waals surface area contributed by atoms with E-state index in [2.05, 4.69) is 5.32 Å². The van der Waals surface area contributed by atoms with Crippen molar-refractivity contribution in [3.8, 4) is 0 Å². The van der Waals surface area contributed by atoms with Crippen LogP contribution in [0.4, 0.5) is 17.1 Å². The van der Waals surface area contributed by atoms with Crippen LogP contribution in [-0.4, -0.2) is 29.5 Å². The molecule has 0 saturated heterocycles. The van der Waals surface area contributed by atoms with Gasteiger partial charge in [0.1, 0.15) is 0 Å². The van der Waals surface area contributed by atoms with Crippen molar-refractivity contribution in [2.45, 2.75) is 0 Å². The summed E-state index contributed by atoms with van der Waals surface area (Å²) >= 11 is 0. The van der Waals surface area contributed by atoms with E-state index in [9.17, 15) is 24.0 Å². The molecule has 0 atom stereocenters. The van der Waals surface area contributed by atoms with Crippen LogP contribution in [0, 0.1) is 0 Å². The Morgan fingerprint density at radius 2 is 0.974 bits per heavy atom. The molecule has 8 nitrogen and oxygen atoms in total. The first-order valence-electron chi connectivity index (χ1n) is 12.1. The van der Waals surface area contributed by atoms with Gasteiger partial charge < -0.3 is 5.32 Å². The van der Waals surface area contributed by atoms with Crippen molar-refractivity contribution in [2.75, 3.05) is 15.1 Å². The predicted molar refractivity (Wildman–Crippen MR) is 146 cm³/mol. The Kier molecular flexibility index (Phi) is 5.69. The zero-order valence-corrected chi connectivity index (χ0v) is 20.3. The highest BCUT2D eigenvalue weighted by atomic mass is 16.2. The van der Waals surface area contributed by atoms with Gasteiger partial charge in [0.15, 0.2) is 0 Å². The Bertz CT molecular complexity index is 1580. The summed E-state index contributed by atoms with van der Waals surface area (Å²) in [6.07, 6.45) is 2.97. The number of amides is 5. The van der Waals surface area contributed by atoms with Crippen molar-refractivity contribution in [1.29, 1.82) is 0 Å². The van der Waals surface area contributed by atoms with E-state index in [1.54, 1.807) is 54.6 Å². The van der Waals surface area contributed by atoms with Crippen LogP contribution in [0.5, 0.6) is 0 Å². The monoisotopic (exact) mass is 513 g/mol. The van der Waals surface area contributed by atoms with Crippen molar-refractivity contribution in [3.63, 3.8) is 0 Å². The number of hydrogen-bond donors (Lipinski definition) is 1. The Labute approximate surface area is 222 Å². The second-order valence-corrected chi connectivity index (χ2v) is 8.95. The van der Waals surface area contributed by atoms with Gasteiger partial charge in [0.25, 0.3) is 23.6 Å². The maximum absolute atomic E-state index is 13.2. The van der Waals surface area contributed by atoms with Gasteiger partial charge in [0.05, 0.1) is 33.6 Å². The van der Waals surface area contributed by atoms with Crippen LogP contribution in [0.2, 0.25) is 0 Å². The molecule has 2 aliphatic heterocycles. The molecule has 2 heterocycles. The number of fused-ring (bicyclic) bond motifs is 2. The summed E-state index contributed by atoms with van der Waals surface area (Å²) in [6, 6.07) is 26.4. The molecule has 0 aliphatic carbocycles. The Morgan fingerprint density at radius 1 is 0.564 bits per heavy atom. The zero-order chi connectivity index (χ0) is 27.1. The number of carbonyl (C=O) groups excluding carboxylic acids is 5. The van der Waals surface area contributed by atoms with Gasteiger partial charge in [-0.1, -0.05) is 54.6 Å². The molecule has 8 heteroatoms. The smallest absolute Gasteiger partial charge is 0.266 e. The fourth-order valence-electron chi connectivity index (χ4n) is 4.69. The van der Waals surface area contributed by atoms with Crippen molar-refractivity contribution in [2.24, 2.45) is 0 Å². The van der Waals surface area contributed by atoms with E-state index in [0.29, 0.717) is 0 Å². The summed E-state index contributed by atoms with van der Waals surface area (Å²) in [5.41, 5.74) is 2.19. The lowest BCUT2D eigenvalue weighted by atomic mass is 10.1. The largest absolute Gasteiger partial charge is 0.322 e. The topological polar surface area (TPSA) is 104 Å². The first kappa shape index (κ1) is 23.7. The summed E-state index contributed by atoms with van der Waals surface area (Å²) < 4.78 is 0. The maximum Gasteiger partial charge on any atom is 0.266 e. The zero-order valence-electron chi connectivity index (χ0n) is 20.3. The molecule has 4 aromatic carbocycles. The molecular weight excluding hydrogens is 494 g/mol. The summed E-state index contributed by atoms with van der Waals surface area (Å²) in [6.45, 7) is 0. The van der Waals surface area contributed by atoms with Gasteiger partial charge in [0, 0.05) is 11.8 Å². The third-order valence-electron chi connectivity index (χ3n) is 6.50. The second kappa shape index (κ2) is 9.35. The molecule has 0 saturated carbocycles. The third kappa shape index (κ3) is 4.10. The number of imide groups is 2. The highest BCUT2D eigenvalue weighted by Crippen LogP contribution is 2.36. The van der Waals surface area contributed by atoms with Crippen LogP contribution < -0.4 is 15.1 Å². The minimum absolute atomic E-state index is 0.109. The van der Waals surface area contributed by atoms with Crippen LogP contribution in [0.25, 0.3) is 6.08 Å². The standard InChI is InChI=1S/C31H19N3O5/c35-27(15-14-19-8-2-1-3-9-19)32-20-16-21(33-28(36)23-10-4-5-11-24(23)29(33)37)18-22(17-20)34-30(38)25-12-6-7-13-26(25)31(34)39/h1-18H,(H,32,35). The SMILES string of the molecule is O=C(C=Cc1ccccc1)Nc1cc(N2C(=O)c3ccccc3C2=O)cc(N2C(=O)c3ccccc3C2=O)c1. The molecule has 0 radical (unpaired) electrons. The van der Waals surface area contributed by atoms with Gasteiger partial charge in [-0.3, -0.25) is 24.0 Å². The molecule has 6 rings (SSSR count). The van der Waals surface area contributed by atoms with Crippen molar-refractivity contribution < 1.29 is 24.0 Å². The van der Waals surface area contributed by atoms with Crippen LogP contribution in [0.15, 0.2) is 103 Å². The molecule has 0 spiro atoms. The van der Waals surface area contributed by atoms with E-state index in [4.69, 9.17) is 0 Å². The predicted octanol–water partition coefficient (Wildman–Crippen LogP) is 4.94. The number of nitrogens with zero attached hydrogens (tertiary/aromatic N) is 2. The molecule has 0 aromatic heterocycles. The molecular formula is C31H19N3O5. The number of nitrogens with one attached hydrogen (secondary N) is 1. The molecule has 2 aliphatic rings. The number of benzene rings is 4. The fourth-order valence-corrected chi connectivity index (χ4v) is 4.69. The molecule has 0 unspecified atom stereocenters. The lowest BCUT2D eigenvalue weighted by molar-refractivity contribution is -0.111. The number of anilines is 3. The number of hydrogen-bond acceptors (Lipinski definition) is 5. The first-order chi connectivity index (χ1) is 18.9. The van der Waals surface area contributed by atoms with Gasteiger partial charge in [-0.05, 0) is 54.1 Å². The van der Waals surface area contributed by atoms with Crippen LogP contribution in [0.1, 0.15) is 47.0 Å². The molecule has 1 N–H and O–H groups in total. The van der Waals surface area contributed by atoms with Gasteiger partial charge in [-0.2, -0.15) is 0 Å². The van der Waals surface area contributed by atoms with Gasteiger partial charge >= 0.3 is 0 Å². The molecule has 5 amide bonds. The van der Waals surface area contributed by atoms with E-state index >= 15 is 0 Å². The highest BCUT2D eigenvalue weighted by molar-refractivity contribution is 6.36. The molecule has 0 bridgehead atoms. The second-order valence-electron chi connectivity index (χ2n) is 8.95. The lowest BCUT2D eigenvalue weighted by Crippen LogP contribution is -2.32. The van der Waals surface area contributed by atoms with Crippen molar-refractivity contribution in [3.05, 3.63) is 131 Å². The quantitative estimate of drug-likeness (QED) is 0.301. The van der Waals surface area contributed by atoms with E-state index in [0.717, 1.165) is 15.4 Å². The summed E-state index contributed by atoms with van der Waals surface area (Å²) in [5, 5.41) is 2.72. The van der Waals surface area contributed by atoms with E-state index in [-0.39, 0.29) is 39.3 Å². The highest BCUT2D eigenvalue weighted by Gasteiger charge is 2.39. The van der Waals surface area contributed by atoms with Crippen LogP contribution in [0.3, 0.4) is 0 Å². The first-order valence-corrected chi connectivity index (χ1v) is 12.1. The number of carbonyl (C=O) groups is 5. The van der Waals surface area contributed by atoms with Gasteiger partial charge in [-0.25, -0.2) is 9.80 Å². The van der Waals surface area contributed by atoms with E-state index in [1.807, 2.05) is 30.3 Å². The molecule has 0 fully saturated rings. The van der Waals surface area contributed by atoms with Crippen molar-refractivity contribution >= 4 is 52.7 Å². The average Bonchev–Trinajstić information content (AvgIpc) is 3.37. The Balaban J connectivity index is 1.40. The average molecular weight is 514 g/mol. The third-order valence-corrected chi connectivity index (χ3v) is 6.50. The number of rotatable bonds is 5. The van der Waals surface area contributed by atoms with E-state index < -0.39 is 29.5 Å². The maximum atomic E-state index is 13.2. The summed E-state index contributed by atoms with van der Waals surface area (Å²) in [4.78, 5) is 67.5. The fraction of sp³-hybridized carbons (Fsp3) is 0. The molecule has 39 heavy (non-hydrogen) atoms. The van der Waals surface area contributed by atoms with Crippen LogP contribution in [-0.2, 0) is 4.79 Å². The molecule has 4 aromatic rings. The minimum atomic E-state index is -0.545. The Morgan fingerprint density at radius 3 is 1.41 bits per heavy atom. The van der Waals surface area contributed by atoms with Gasteiger partial charge in [-0.15, -0.1) is 0 Å². The van der Waals surface area contributed by atoms with Crippen molar-refractivity contribution in [1.82, 2.24) is 0 Å². The summed E-state index contributed by atoms with van der Waals surface area (Å²) in [7, 11) is 0. The molecule has 188 valence electrons. The normalized spacial score (nSPS) is 14.3. The summed E-state index contributed by atoms with van der Waals surface area (Å²) in [5.74, 6) is -2.66. The van der Waals surface area contributed by atoms with E-state index in [1.165, 1.54) is 24.3 Å². The lowest BCUT2D eigenvalue weighted by Gasteiger charge is -2.20. The van der Waals surface area contributed by atoms with Crippen LogP contribution >= 0.6 is 0 Å². The Hall–Kier alpha value is -5.63.